The largest absolute Gasteiger partial charge is 0.486 e. The van der Waals surface area contributed by atoms with Crippen molar-refractivity contribution in [2.24, 2.45) is 5.92 Å². The summed E-state index contributed by atoms with van der Waals surface area (Å²) in [6.45, 7) is 0.990. The van der Waals surface area contributed by atoms with E-state index in [-0.39, 0.29) is 12.5 Å². The summed E-state index contributed by atoms with van der Waals surface area (Å²) in [5.74, 6) is 2.07. The van der Waals surface area contributed by atoms with Gasteiger partial charge in [0.15, 0.2) is 5.76 Å². The lowest BCUT2D eigenvalue weighted by molar-refractivity contribution is 0.0920. The van der Waals surface area contributed by atoms with Gasteiger partial charge in [-0.1, -0.05) is 17.7 Å². The number of hydrogen-bond acceptors (Lipinski definition) is 3. The molecule has 1 aliphatic carbocycles. The van der Waals surface area contributed by atoms with Gasteiger partial charge in [-0.2, -0.15) is 0 Å². The van der Waals surface area contributed by atoms with E-state index in [0.29, 0.717) is 28.2 Å². The summed E-state index contributed by atoms with van der Waals surface area (Å²) in [5, 5.41) is 3.48. The number of halogens is 1. The molecule has 0 atom stereocenters. The molecule has 1 fully saturated rings. The molecule has 0 unspecified atom stereocenters. The van der Waals surface area contributed by atoms with Crippen molar-refractivity contribution in [3.05, 3.63) is 52.9 Å². The van der Waals surface area contributed by atoms with E-state index in [9.17, 15) is 4.79 Å². The highest BCUT2D eigenvalue weighted by molar-refractivity contribution is 6.30. The Kier molecular flexibility index (Phi) is 4.15. The van der Waals surface area contributed by atoms with Crippen molar-refractivity contribution in [2.75, 3.05) is 6.54 Å². The molecular formula is C16H16ClNO3. The molecule has 0 bridgehead atoms. The summed E-state index contributed by atoms with van der Waals surface area (Å²) < 4.78 is 11.0. The van der Waals surface area contributed by atoms with Gasteiger partial charge in [-0.25, -0.2) is 0 Å². The number of carbonyl (C=O) groups is 1. The minimum absolute atomic E-state index is 0.170. The lowest BCUT2D eigenvalue weighted by atomic mass is 10.3. The minimum Gasteiger partial charge on any atom is -0.486 e. The Balaban J connectivity index is 1.53. The van der Waals surface area contributed by atoms with Gasteiger partial charge in [-0.15, -0.1) is 0 Å². The molecule has 0 saturated heterocycles. The van der Waals surface area contributed by atoms with Crippen LogP contribution in [0.15, 0.2) is 40.8 Å². The fourth-order valence-electron chi connectivity index (χ4n) is 1.93. The number of ether oxygens (including phenoxy) is 1. The Morgan fingerprint density at radius 3 is 2.95 bits per heavy atom. The van der Waals surface area contributed by atoms with Gasteiger partial charge in [0.2, 0.25) is 0 Å². The molecule has 4 nitrogen and oxygen atoms in total. The molecule has 110 valence electrons. The monoisotopic (exact) mass is 305 g/mol. The summed E-state index contributed by atoms with van der Waals surface area (Å²) in [4.78, 5) is 11.8. The summed E-state index contributed by atoms with van der Waals surface area (Å²) in [6, 6.07) is 10.6. The molecule has 1 aromatic carbocycles. The molecule has 21 heavy (non-hydrogen) atoms. The first-order valence-electron chi connectivity index (χ1n) is 6.96. The molecule has 3 rings (SSSR count). The van der Waals surface area contributed by atoms with E-state index < -0.39 is 0 Å². The number of furan rings is 1. The van der Waals surface area contributed by atoms with Crippen LogP contribution in [0.3, 0.4) is 0 Å². The van der Waals surface area contributed by atoms with Gasteiger partial charge in [0.25, 0.3) is 5.91 Å². The molecular weight excluding hydrogens is 290 g/mol. The molecule has 0 spiro atoms. The molecule has 1 heterocycles. The smallest absolute Gasteiger partial charge is 0.287 e. The predicted octanol–water partition coefficient (Wildman–Crippen LogP) is 3.65. The van der Waals surface area contributed by atoms with Crippen LogP contribution < -0.4 is 10.1 Å². The van der Waals surface area contributed by atoms with E-state index >= 15 is 0 Å². The zero-order chi connectivity index (χ0) is 14.7. The maximum Gasteiger partial charge on any atom is 0.287 e. The minimum atomic E-state index is -0.170. The fraction of sp³-hybridized carbons (Fsp3) is 0.312. The Morgan fingerprint density at radius 1 is 1.33 bits per heavy atom. The first-order chi connectivity index (χ1) is 10.2. The zero-order valence-electron chi connectivity index (χ0n) is 11.5. The summed E-state index contributed by atoms with van der Waals surface area (Å²) in [6.07, 6.45) is 2.41. The number of hydrogen-bond donors (Lipinski definition) is 1. The second-order valence-corrected chi connectivity index (χ2v) is 5.60. The van der Waals surface area contributed by atoms with Gasteiger partial charge in [-0.05, 0) is 49.1 Å². The highest BCUT2D eigenvalue weighted by atomic mass is 35.5. The van der Waals surface area contributed by atoms with Crippen LogP contribution in [0.25, 0.3) is 0 Å². The van der Waals surface area contributed by atoms with Gasteiger partial charge < -0.3 is 14.5 Å². The first-order valence-corrected chi connectivity index (χ1v) is 7.34. The van der Waals surface area contributed by atoms with Crippen LogP contribution in [0, 0.1) is 5.92 Å². The Hall–Kier alpha value is -1.94. The second-order valence-electron chi connectivity index (χ2n) is 5.17. The normalized spacial score (nSPS) is 14.0. The number of nitrogens with one attached hydrogen (secondary N) is 1. The Morgan fingerprint density at radius 2 is 2.19 bits per heavy atom. The zero-order valence-corrected chi connectivity index (χ0v) is 12.2. The van der Waals surface area contributed by atoms with E-state index in [0.717, 1.165) is 6.54 Å². The van der Waals surface area contributed by atoms with Crippen LogP contribution in [-0.4, -0.2) is 12.5 Å². The predicted molar refractivity (Wildman–Crippen MR) is 79.5 cm³/mol. The standard InChI is InChI=1S/C16H16ClNO3/c17-12-2-1-3-13(8-12)20-10-14-6-7-15(21-14)16(19)18-9-11-4-5-11/h1-3,6-8,11H,4-5,9-10H2,(H,18,19). The van der Waals surface area contributed by atoms with Crippen molar-refractivity contribution in [1.29, 1.82) is 0 Å². The van der Waals surface area contributed by atoms with Crippen molar-refractivity contribution in [3.63, 3.8) is 0 Å². The average molecular weight is 306 g/mol. The van der Waals surface area contributed by atoms with Gasteiger partial charge in [-0.3, -0.25) is 4.79 Å². The van der Waals surface area contributed by atoms with Crippen LogP contribution in [0.1, 0.15) is 29.2 Å². The summed E-state index contributed by atoms with van der Waals surface area (Å²) in [5.41, 5.74) is 0. The third kappa shape index (κ3) is 4.02. The SMILES string of the molecule is O=C(NCC1CC1)c1ccc(COc2cccc(Cl)c2)o1. The van der Waals surface area contributed by atoms with E-state index in [1.165, 1.54) is 12.8 Å². The van der Waals surface area contributed by atoms with Gasteiger partial charge in [0, 0.05) is 11.6 Å². The van der Waals surface area contributed by atoms with Crippen LogP contribution in [0.4, 0.5) is 0 Å². The number of rotatable bonds is 6. The summed E-state index contributed by atoms with van der Waals surface area (Å²) >= 11 is 5.88. The molecule has 2 aromatic rings. The highest BCUT2D eigenvalue weighted by Gasteiger charge is 2.22. The number of carbonyl (C=O) groups excluding carboxylic acids is 1. The van der Waals surface area contributed by atoms with Crippen LogP contribution >= 0.6 is 11.6 Å². The van der Waals surface area contributed by atoms with Crippen molar-refractivity contribution >= 4 is 17.5 Å². The first kappa shape index (κ1) is 14.0. The molecule has 0 radical (unpaired) electrons. The number of benzene rings is 1. The van der Waals surface area contributed by atoms with Crippen LogP contribution in [0.5, 0.6) is 5.75 Å². The van der Waals surface area contributed by atoms with Crippen LogP contribution in [0.2, 0.25) is 5.02 Å². The van der Waals surface area contributed by atoms with E-state index in [2.05, 4.69) is 5.32 Å². The second kappa shape index (κ2) is 6.22. The van der Waals surface area contributed by atoms with Gasteiger partial charge in [0.1, 0.15) is 18.1 Å². The molecule has 0 aliphatic heterocycles. The topological polar surface area (TPSA) is 51.5 Å². The quantitative estimate of drug-likeness (QED) is 0.886. The highest BCUT2D eigenvalue weighted by Crippen LogP contribution is 2.27. The third-order valence-corrected chi connectivity index (χ3v) is 3.55. The van der Waals surface area contributed by atoms with Crippen molar-refractivity contribution in [1.82, 2.24) is 5.32 Å². The fourth-order valence-corrected chi connectivity index (χ4v) is 2.12. The van der Waals surface area contributed by atoms with Crippen molar-refractivity contribution < 1.29 is 13.9 Å². The molecule has 1 aromatic heterocycles. The summed E-state index contributed by atoms with van der Waals surface area (Å²) in [7, 11) is 0. The van der Waals surface area contributed by atoms with Crippen molar-refractivity contribution in [2.45, 2.75) is 19.4 Å². The lowest BCUT2D eigenvalue weighted by Gasteiger charge is -2.04. The maximum atomic E-state index is 11.8. The van der Waals surface area contributed by atoms with E-state index in [1.807, 2.05) is 12.1 Å². The number of amides is 1. The molecule has 1 saturated carbocycles. The molecule has 1 amide bonds. The van der Waals surface area contributed by atoms with Crippen molar-refractivity contribution in [3.8, 4) is 5.75 Å². The Labute approximate surface area is 128 Å². The molecule has 1 aliphatic rings. The maximum absolute atomic E-state index is 11.8. The Bertz CT molecular complexity index is 634. The van der Waals surface area contributed by atoms with Crippen LogP contribution in [-0.2, 0) is 6.61 Å². The third-order valence-electron chi connectivity index (χ3n) is 3.31. The van der Waals surface area contributed by atoms with E-state index in [1.54, 1.807) is 24.3 Å². The average Bonchev–Trinajstić information content (AvgIpc) is 3.19. The molecule has 5 heteroatoms. The van der Waals surface area contributed by atoms with E-state index in [4.69, 9.17) is 20.8 Å². The van der Waals surface area contributed by atoms with Gasteiger partial charge >= 0.3 is 0 Å². The lowest BCUT2D eigenvalue weighted by Crippen LogP contribution is -2.24. The van der Waals surface area contributed by atoms with Gasteiger partial charge in [0.05, 0.1) is 0 Å². The molecule has 1 N–H and O–H groups in total.